The van der Waals surface area contributed by atoms with Crippen LogP contribution < -0.4 is 5.32 Å². The lowest BCUT2D eigenvalue weighted by atomic mass is 10.1. The van der Waals surface area contributed by atoms with Gasteiger partial charge < -0.3 is 19.7 Å². The molecule has 0 aliphatic carbocycles. The zero-order valence-corrected chi connectivity index (χ0v) is 17.2. The Hall–Kier alpha value is -0.900. The maximum Gasteiger partial charge on any atom is 0.216 e. The van der Waals surface area contributed by atoms with Crippen molar-refractivity contribution in [3.8, 4) is 0 Å². The molecular formula is C16H34N4O4S. The highest BCUT2D eigenvalue weighted by molar-refractivity contribution is 7.89. The molecule has 1 N–H and O–H groups in total. The van der Waals surface area contributed by atoms with Gasteiger partial charge in [0.05, 0.1) is 24.1 Å². The Morgan fingerprint density at radius 1 is 1.24 bits per heavy atom. The van der Waals surface area contributed by atoms with Crippen molar-refractivity contribution in [2.75, 3.05) is 59.2 Å². The van der Waals surface area contributed by atoms with E-state index in [1.165, 1.54) is 0 Å². The molecule has 0 amide bonds. The van der Waals surface area contributed by atoms with Gasteiger partial charge in [0, 0.05) is 46.9 Å². The fourth-order valence-electron chi connectivity index (χ4n) is 2.39. The topological polar surface area (TPSA) is 83.5 Å². The molecule has 1 rings (SSSR count). The number of aliphatic imine (C=N–C) groups is 1. The molecule has 1 fully saturated rings. The summed E-state index contributed by atoms with van der Waals surface area (Å²) in [6.45, 7) is 10.8. The molecule has 0 radical (unpaired) electrons. The van der Waals surface area contributed by atoms with Gasteiger partial charge in [-0.05, 0) is 27.7 Å². The summed E-state index contributed by atoms with van der Waals surface area (Å²) in [6.07, 6.45) is 0.0396. The molecule has 0 aromatic heterocycles. The van der Waals surface area contributed by atoms with Gasteiger partial charge in [0.1, 0.15) is 0 Å². The van der Waals surface area contributed by atoms with Crippen LogP contribution in [0.3, 0.4) is 0 Å². The van der Waals surface area contributed by atoms with Crippen LogP contribution >= 0.6 is 0 Å². The van der Waals surface area contributed by atoms with Crippen LogP contribution in [-0.4, -0.2) is 94.5 Å². The van der Waals surface area contributed by atoms with Gasteiger partial charge in [-0.25, -0.2) is 8.42 Å². The Morgan fingerprint density at radius 3 is 2.32 bits per heavy atom. The van der Waals surface area contributed by atoms with E-state index in [9.17, 15) is 8.42 Å². The van der Waals surface area contributed by atoms with Gasteiger partial charge in [-0.1, -0.05) is 0 Å². The summed E-state index contributed by atoms with van der Waals surface area (Å²) in [5.41, 5.74) is -0.294. The maximum absolute atomic E-state index is 12.4. The summed E-state index contributed by atoms with van der Waals surface area (Å²) in [5, 5.41) is 3.29. The van der Waals surface area contributed by atoms with Gasteiger partial charge in [-0.3, -0.25) is 4.99 Å². The van der Waals surface area contributed by atoms with Gasteiger partial charge in [0.25, 0.3) is 0 Å². The molecule has 1 aliphatic heterocycles. The van der Waals surface area contributed by atoms with Crippen molar-refractivity contribution in [1.29, 1.82) is 0 Å². The Balaban J connectivity index is 2.51. The van der Waals surface area contributed by atoms with Crippen LogP contribution in [0.2, 0.25) is 0 Å². The monoisotopic (exact) mass is 378 g/mol. The minimum absolute atomic E-state index is 0.0280. The second-order valence-corrected chi connectivity index (χ2v) is 9.07. The molecule has 8 nitrogen and oxygen atoms in total. The fourth-order valence-corrected chi connectivity index (χ4v) is 3.68. The number of hydrogen-bond donors (Lipinski definition) is 1. The smallest absolute Gasteiger partial charge is 0.216 e. The Kier molecular flexibility index (Phi) is 8.59. The summed E-state index contributed by atoms with van der Waals surface area (Å²) in [5.74, 6) is 0.797. The third-order valence-corrected chi connectivity index (χ3v) is 6.00. The predicted octanol–water partition coefficient (Wildman–Crippen LogP) is 0.359. The molecule has 25 heavy (non-hydrogen) atoms. The van der Waals surface area contributed by atoms with E-state index in [0.29, 0.717) is 32.7 Å². The number of piperazine rings is 1. The van der Waals surface area contributed by atoms with Crippen LogP contribution in [0.5, 0.6) is 0 Å². The van der Waals surface area contributed by atoms with Crippen molar-refractivity contribution < 1.29 is 17.9 Å². The summed E-state index contributed by atoms with van der Waals surface area (Å²) >= 11 is 0. The molecule has 0 aromatic carbocycles. The van der Waals surface area contributed by atoms with E-state index in [-0.39, 0.29) is 24.1 Å². The quantitative estimate of drug-likeness (QED) is 0.485. The number of rotatable bonds is 8. The Morgan fingerprint density at radius 2 is 1.84 bits per heavy atom. The number of methoxy groups -OCH3 is 1. The summed E-state index contributed by atoms with van der Waals surface area (Å²) < 4.78 is 37.1. The van der Waals surface area contributed by atoms with Gasteiger partial charge in [-0.15, -0.1) is 0 Å². The van der Waals surface area contributed by atoms with E-state index in [0.717, 1.165) is 5.96 Å². The Bertz CT molecular complexity index is 526. The van der Waals surface area contributed by atoms with Crippen LogP contribution in [0.15, 0.2) is 4.99 Å². The summed E-state index contributed by atoms with van der Waals surface area (Å²) in [4.78, 5) is 6.37. The highest BCUT2D eigenvalue weighted by Gasteiger charge is 2.28. The van der Waals surface area contributed by atoms with Crippen LogP contribution in [0, 0.1) is 0 Å². The van der Waals surface area contributed by atoms with Crippen molar-refractivity contribution in [2.45, 2.75) is 39.4 Å². The average molecular weight is 379 g/mol. The van der Waals surface area contributed by atoms with E-state index >= 15 is 0 Å². The van der Waals surface area contributed by atoms with Crippen LogP contribution in [0.25, 0.3) is 0 Å². The highest BCUT2D eigenvalue weighted by Crippen LogP contribution is 2.10. The lowest BCUT2D eigenvalue weighted by Crippen LogP contribution is -2.55. The molecule has 0 spiro atoms. The summed E-state index contributed by atoms with van der Waals surface area (Å²) in [7, 11) is 0.135. The number of ether oxygens (including phenoxy) is 2. The van der Waals surface area contributed by atoms with Gasteiger partial charge >= 0.3 is 0 Å². The average Bonchev–Trinajstić information content (AvgIpc) is 2.55. The first kappa shape index (κ1) is 22.1. The predicted molar refractivity (Wildman–Crippen MR) is 100 cm³/mol. The number of guanidine groups is 1. The first-order chi connectivity index (χ1) is 11.6. The molecule has 1 aliphatic rings. The zero-order valence-electron chi connectivity index (χ0n) is 16.4. The van der Waals surface area contributed by atoms with Gasteiger partial charge in [-0.2, -0.15) is 4.31 Å². The molecule has 1 saturated heterocycles. The molecule has 0 aromatic rings. The van der Waals surface area contributed by atoms with E-state index < -0.39 is 10.0 Å². The van der Waals surface area contributed by atoms with Crippen molar-refractivity contribution in [3.05, 3.63) is 0 Å². The van der Waals surface area contributed by atoms with Crippen molar-refractivity contribution >= 4 is 16.0 Å². The SMILES string of the molecule is CN=C(NCC(C)(C)OC)N1CCN(S(=O)(=O)CCOC(C)C)CC1. The molecule has 0 saturated carbocycles. The standard InChI is InChI=1S/C16H34N4O4S/c1-14(2)24-11-12-25(21,22)20-9-7-19(8-10-20)15(17-5)18-13-16(3,4)23-6/h14H,7-13H2,1-6H3,(H,17,18). The second kappa shape index (κ2) is 9.70. The molecule has 0 atom stereocenters. The summed E-state index contributed by atoms with van der Waals surface area (Å²) in [6, 6.07) is 0. The minimum atomic E-state index is -3.27. The van der Waals surface area contributed by atoms with Crippen LogP contribution in [0.1, 0.15) is 27.7 Å². The number of nitrogens with zero attached hydrogens (tertiary/aromatic N) is 3. The van der Waals surface area contributed by atoms with Crippen LogP contribution in [-0.2, 0) is 19.5 Å². The normalized spacial score (nSPS) is 18.0. The van der Waals surface area contributed by atoms with E-state index in [2.05, 4.69) is 15.2 Å². The molecule has 148 valence electrons. The highest BCUT2D eigenvalue weighted by atomic mass is 32.2. The van der Waals surface area contributed by atoms with E-state index in [4.69, 9.17) is 9.47 Å². The van der Waals surface area contributed by atoms with Crippen LogP contribution in [0.4, 0.5) is 0 Å². The first-order valence-corrected chi connectivity index (χ1v) is 10.3. The molecule has 0 bridgehead atoms. The van der Waals surface area contributed by atoms with Crippen molar-refractivity contribution in [1.82, 2.24) is 14.5 Å². The zero-order chi connectivity index (χ0) is 19.1. The number of sulfonamides is 1. The molecule has 0 unspecified atom stereocenters. The maximum atomic E-state index is 12.4. The van der Waals surface area contributed by atoms with Crippen molar-refractivity contribution in [3.63, 3.8) is 0 Å². The largest absolute Gasteiger partial charge is 0.378 e. The van der Waals surface area contributed by atoms with Crippen molar-refractivity contribution in [2.24, 2.45) is 4.99 Å². The lowest BCUT2D eigenvalue weighted by Gasteiger charge is -2.36. The minimum Gasteiger partial charge on any atom is -0.378 e. The fraction of sp³-hybridized carbons (Fsp3) is 0.938. The molecular weight excluding hydrogens is 344 g/mol. The molecule has 9 heteroatoms. The van der Waals surface area contributed by atoms with E-state index in [1.807, 2.05) is 27.7 Å². The van der Waals surface area contributed by atoms with Gasteiger partial charge in [0.15, 0.2) is 5.96 Å². The van der Waals surface area contributed by atoms with E-state index in [1.54, 1.807) is 18.5 Å². The molecule has 1 heterocycles. The van der Waals surface area contributed by atoms with Gasteiger partial charge in [0.2, 0.25) is 10.0 Å². The third kappa shape index (κ3) is 7.47. The first-order valence-electron chi connectivity index (χ1n) is 8.71. The number of nitrogens with one attached hydrogen (secondary N) is 1. The Labute approximate surface area is 152 Å². The third-order valence-electron chi connectivity index (χ3n) is 4.16. The number of hydrogen-bond acceptors (Lipinski definition) is 5. The lowest BCUT2D eigenvalue weighted by molar-refractivity contribution is 0.0262. The second-order valence-electron chi connectivity index (χ2n) is 6.99.